The van der Waals surface area contributed by atoms with Crippen molar-refractivity contribution in [1.82, 2.24) is 15.2 Å². The smallest absolute Gasteiger partial charge is 0.253 e. The molecule has 0 saturated carbocycles. The van der Waals surface area contributed by atoms with Crippen LogP contribution >= 0.6 is 11.6 Å². The van der Waals surface area contributed by atoms with Gasteiger partial charge in [0.25, 0.3) is 5.91 Å². The van der Waals surface area contributed by atoms with E-state index in [1.807, 2.05) is 37.3 Å². The van der Waals surface area contributed by atoms with Crippen molar-refractivity contribution in [2.45, 2.75) is 26.7 Å². The highest BCUT2D eigenvalue weighted by Crippen LogP contribution is 2.29. The molecule has 1 aliphatic rings. The van der Waals surface area contributed by atoms with E-state index >= 15 is 0 Å². The number of aromatic amines is 1. The second-order valence-corrected chi connectivity index (χ2v) is 9.53. The second kappa shape index (κ2) is 11.6. The number of ether oxygens (including phenoxy) is 1. The largest absolute Gasteiger partial charge is 0.497 e. The van der Waals surface area contributed by atoms with Gasteiger partial charge in [0.2, 0.25) is 0 Å². The van der Waals surface area contributed by atoms with Gasteiger partial charge < -0.3 is 19.9 Å². The molecule has 1 aliphatic heterocycles. The fraction of sp³-hybridized carbons (Fsp3) is 0.393. The van der Waals surface area contributed by atoms with Crippen LogP contribution in [0.2, 0.25) is 5.02 Å². The molecule has 2 N–H and O–H groups in total. The lowest BCUT2D eigenvalue weighted by Gasteiger charge is -2.36. The summed E-state index contributed by atoms with van der Waals surface area (Å²) in [7, 11) is 1.65. The molecule has 0 bridgehead atoms. The Balaban J connectivity index is 1.18. The fourth-order valence-electron chi connectivity index (χ4n) is 4.57. The first-order chi connectivity index (χ1) is 17.0. The number of aromatic nitrogens is 1. The molecule has 2 heterocycles. The first-order valence-corrected chi connectivity index (χ1v) is 12.7. The van der Waals surface area contributed by atoms with Crippen LogP contribution in [0.3, 0.4) is 0 Å². The highest BCUT2D eigenvalue weighted by Gasteiger charge is 2.19. The summed E-state index contributed by atoms with van der Waals surface area (Å²) in [4.78, 5) is 20.9. The van der Waals surface area contributed by atoms with Gasteiger partial charge in [-0.1, -0.05) is 23.7 Å². The number of anilines is 1. The van der Waals surface area contributed by atoms with Crippen molar-refractivity contribution in [2.24, 2.45) is 0 Å². The minimum absolute atomic E-state index is 0.0258. The van der Waals surface area contributed by atoms with E-state index < -0.39 is 0 Å². The number of amides is 1. The van der Waals surface area contributed by atoms with Crippen molar-refractivity contribution in [2.75, 3.05) is 51.3 Å². The summed E-state index contributed by atoms with van der Waals surface area (Å²) in [6.45, 7) is 9.77. The van der Waals surface area contributed by atoms with Crippen molar-refractivity contribution < 1.29 is 9.53 Å². The molecule has 1 aromatic heterocycles. The van der Waals surface area contributed by atoms with E-state index in [-0.39, 0.29) is 5.91 Å². The molecule has 2 aromatic carbocycles. The number of halogens is 1. The molecule has 0 aliphatic carbocycles. The van der Waals surface area contributed by atoms with Crippen LogP contribution < -0.4 is 15.0 Å². The first-order valence-electron chi connectivity index (χ1n) is 12.3. The molecule has 0 radical (unpaired) electrons. The number of nitrogens with one attached hydrogen (secondary N) is 2. The highest BCUT2D eigenvalue weighted by atomic mass is 35.5. The number of carbonyl (C=O) groups excluding carboxylic acids is 1. The monoisotopic (exact) mass is 494 g/mol. The van der Waals surface area contributed by atoms with E-state index in [2.05, 4.69) is 45.2 Å². The van der Waals surface area contributed by atoms with E-state index in [9.17, 15) is 4.79 Å². The lowest BCUT2D eigenvalue weighted by Crippen LogP contribution is -2.46. The van der Waals surface area contributed by atoms with Crippen LogP contribution in [0.1, 0.15) is 34.5 Å². The van der Waals surface area contributed by atoms with Crippen molar-refractivity contribution in [3.63, 3.8) is 0 Å². The van der Waals surface area contributed by atoms with E-state index in [1.165, 1.54) is 0 Å². The Morgan fingerprint density at radius 3 is 2.51 bits per heavy atom. The molecule has 35 heavy (non-hydrogen) atoms. The normalized spacial score (nSPS) is 14.2. The third kappa shape index (κ3) is 6.19. The third-order valence-corrected chi connectivity index (χ3v) is 7.22. The zero-order valence-corrected chi connectivity index (χ0v) is 21.6. The average molecular weight is 495 g/mol. The Labute approximate surface area is 213 Å². The summed E-state index contributed by atoms with van der Waals surface area (Å²) >= 11 is 6.51. The number of carbonyl (C=O) groups is 1. The van der Waals surface area contributed by atoms with Gasteiger partial charge in [-0.3, -0.25) is 9.69 Å². The molecule has 0 unspecified atom stereocenters. The lowest BCUT2D eigenvalue weighted by atomic mass is 10.1. The van der Waals surface area contributed by atoms with Gasteiger partial charge >= 0.3 is 0 Å². The van der Waals surface area contributed by atoms with Crippen LogP contribution in [-0.2, 0) is 0 Å². The lowest BCUT2D eigenvalue weighted by molar-refractivity contribution is 0.0952. The van der Waals surface area contributed by atoms with E-state index in [1.54, 1.807) is 7.11 Å². The van der Waals surface area contributed by atoms with E-state index in [0.717, 1.165) is 84.5 Å². The summed E-state index contributed by atoms with van der Waals surface area (Å²) < 4.78 is 5.22. The van der Waals surface area contributed by atoms with Crippen molar-refractivity contribution in [3.8, 4) is 17.0 Å². The Morgan fingerprint density at radius 1 is 1.06 bits per heavy atom. The van der Waals surface area contributed by atoms with Gasteiger partial charge in [-0.25, -0.2) is 0 Å². The van der Waals surface area contributed by atoms with Crippen LogP contribution in [0.4, 0.5) is 5.69 Å². The molecule has 1 amide bonds. The Bertz CT molecular complexity index is 1130. The maximum atomic E-state index is 12.7. The molecule has 1 fully saturated rings. The maximum Gasteiger partial charge on any atom is 0.253 e. The number of H-pyrrole nitrogens is 1. The van der Waals surface area contributed by atoms with Gasteiger partial charge in [0, 0.05) is 44.1 Å². The Morgan fingerprint density at radius 2 is 1.80 bits per heavy atom. The zero-order valence-electron chi connectivity index (χ0n) is 20.9. The molecule has 7 heteroatoms. The van der Waals surface area contributed by atoms with Crippen LogP contribution in [0.25, 0.3) is 11.3 Å². The average Bonchev–Trinajstić information content (AvgIpc) is 3.27. The number of benzene rings is 2. The number of unbranched alkanes of at least 4 members (excludes halogenated alkanes) is 1. The molecular formula is C28H35ClN4O2. The minimum Gasteiger partial charge on any atom is -0.497 e. The maximum absolute atomic E-state index is 12.7. The molecule has 3 aromatic rings. The molecule has 6 nitrogen and oxygen atoms in total. The molecule has 4 rings (SSSR count). The molecule has 1 saturated heterocycles. The van der Waals surface area contributed by atoms with Crippen molar-refractivity contribution in [1.29, 1.82) is 0 Å². The van der Waals surface area contributed by atoms with Gasteiger partial charge in [-0.2, -0.15) is 0 Å². The molecular weight excluding hydrogens is 460 g/mol. The van der Waals surface area contributed by atoms with Gasteiger partial charge in [-0.05, 0) is 80.8 Å². The topological polar surface area (TPSA) is 60.6 Å². The first kappa shape index (κ1) is 25.1. The number of rotatable bonds is 9. The highest BCUT2D eigenvalue weighted by molar-refractivity contribution is 6.34. The number of hydrogen-bond acceptors (Lipinski definition) is 4. The number of hydrogen-bond donors (Lipinski definition) is 2. The zero-order chi connectivity index (χ0) is 24.8. The van der Waals surface area contributed by atoms with Crippen molar-refractivity contribution >= 4 is 23.2 Å². The van der Waals surface area contributed by atoms with Gasteiger partial charge in [0.15, 0.2) is 0 Å². The van der Waals surface area contributed by atoms with E-state index in [4.69, 9.17) is 16.3 Å². The summed E-state index contributed by atoms with van der Waals surface area (Å²) in [5, 5.41) is 3.95. The SMILES string of the molecule is COc1ccc(-c2cc(C(=O)NCCCCN3CCN(c4cccc(C)c4Cl)CC3)c(C)[nH]2)cc1. The second-order valence-electron chi connectivity index (χ2n) is 9.15. The summed E-state index contributed by atoms with van der Waals surface area (Å²) in [5.41, 5.74) is 5.80. The third-order valence-electron chi connectivity index (χ3n) is 6.73. The van der Waals surface area contributed by atoms with Crippen LogP contribution in [0, 0.1) is 13.8 Å². The van der Waals surface area contributed by atoms with Crippen LogP contribution in [0.15, 0.2) is 48.5 Å². The minimum atomic E-state index is -0.0258. The predicted molar refractivity (Wildman–Crippen MR) is 144 cm³/mol. The Hall–Kier alpha value is -2.96. The van der Waals surface area contributed by atoms with Crippen LogP contribution in [-0.4, -0.2) is 62.2 Å². The Kier molecular flexibility index (Phi) is 8.37. The van der Waals surface area contributed by atoms with Gasteiger partial charge in [0.1, 0.15) is 5.75 Å². The molecule has 0 atom stereocenters. The van der Waals surface area contributed by atoms with Gasteiger partial charge in [-0.15, -0.1) is 0 Å². The molecule has 0 spiro atoms. The van der Waals surface area contributed by atoms with Crippen molar-refractivity contribution in [3.05, 3.63) is 70.4 Å². The summed E-state index contributed by atoms with van der Waals surface area (Å²) in [6.07, 6.45) is 2.03. The summed E-state index contributed by atoms with van der Waals surface area (Å²) in [5.74, 6) is 0.787. The summed E-state index contributed by atoms with van der Waals surface area (Å²) in [6, 6.07) is 16.0. The number of nitrogens with zero attached hydrogens (tertiary/aromatic N) is 2. The number of aryl methyl sites for hydroxylation is 2. The fourth-order valence-corrected chi connectivity index (χ4v) is 4.81. The standard InChI is InChI=1S/C28H35ClN4O2/c1-20-7-6-8-26(27(20)29)33-17-15-32(16-18-33)14-5-4-13-30-28(34)24-19-25(31-21(24)2)22-9-11-23(35-3)12-10-22/h6-12,19,31H,4-5,13-18H2,1-3H3,(H,30,34). The van der Waals surface area contributed by atoms with E-state index in [0.29, 0.717) is 12.1 Å². The number of piperazine rings is 1. The molecule has 186 valence electrons. The predicted octanol–water partition coefficient (Wildman–Crippen LogP) is 5.29. The van der Waals surface area contributed by atoms with Gasteiger partial charge in [0.05, 0.1) is 23.4 Å². The quantitative estimate of drug-likeness (QED) is 0.397. The van der Waals surface area contributed by atoms with Crippen LogP contribution in [0.5, 0.6) is 5.75 Å². The number of methoxy groups -OCH3 is 1.